The summed E-state index contributed by atoms with van der Waals surface area (Å²) in [7, 11) is 1.68. The maximum absolute atomic E-state index is 8.97. The number of benzene rings is 1. The Morgan fingerprint density at radius 3 is 2.28 bits per heavy atom. The van der Waals surface area contributed by atoms with Crippen LogP contribution in [0.1, 0.15) is 21.7 Å². The Morgan fingerprint density at radius 1 is 1.22 bits per heavy atom. The van der Waals surface area contributed by atoms with Crippen molar-refractivity contribution in [1.82, 2.24) is 4.98 Å². The first-order chi connectivity index (χ1) is 8.56. The summed E-state index contributed by atoms with van der Waals surface area (Å²) in [5.41, 5.74) is 4.00. The molecule has 0 radical (unpaired) electrons. The number of rotatable bonds is 2. The summed E-state index contributed by atoms with van der Waals surface area (Å²) < 4.78 is 5.35. The number of thiazole rings is 1. The zero-order valence-electron chi connectivity index (χ0n) is 10.9. The fourth-order valence-corrected chi connectivity index (χ4v) is 2.87. The molecule has 0 saturated carbocycles. The molecule has 2 rings (SSSR count). The molecule has 1 heterocycles. The van der Waals surface area contributed by atoms with E-state index in [9.17, 15) is 0 Å². The van der Waals surface area contributed by atoms with Gasteiger partial charge in [0.2, 0.25) is 0 Å². The van der Waals surface area contributed by atoms with Gasteiger partial charge in [0.05, 0.1) is 12.8 Å². The number of hydrogen-bond donors (Lipinski definition) is 0. The van der Waals surface area contributed by atoms with Crippen molar-refractivity contribution in [2.45, 2.75) is 20.8 Å². The summed E-state index contributed by atoms with van der Waals surface area (Å²) >= 11 is 1.43. The minimum absolute atomic E-state index is 0.677. The minimum Gasteiger partial charge on any atom is -0.496 e. The van der Waals surface area contributed by atoms with E-state index < -0.39 is 0 Å². The number of aromatic nitrogens is 1. The third-order valence-electron chi connectivity index (χ3n) is 2.81. The van der Waals surface area contributed by atoms with Gasteiger partial charge >= 0.3 is 0 Å². The van der Waals surface area contributed by atoms with E-state index in [1.165, 1.54) is 11.3 Å². The van der Waals surface area contributed by atoms with E-state index in [0.29, 0.717) is 4.88 Å². The van der Waals surface area contributed by atoms with Gasteiger partial charge in [0.1, 0.15) is 21.7 Å². The summed E-state index contributed by atoms with van der Waals surface area (Å²) in [5, 5.41) is 9.86. The molecular weight excluding hydrogens is 244 g/mol. The van der Waals surface area contributed by atoms with Gasteiger partial charge in [0.15, 0.2) is 0 Å². The van der Waals surface area contributed by atoms with Crippen molar-refractivity contribution >= 4 is 11.3 Å². The second kappa shape index (κ2) is 4.79. The van der Waals surface area contributed by atoms with Gasteiger partial charge < -0.3 is 4.74 Å². The maximum atomic E-state index is 8.97. The molecule has 0 atom stereocenters. The lowest BCUT2D eigenvalue weighted by Crippen LogP contribution is -1.92. The van der Waals surface area contributed by atoms with Gasteiger partial charge in [-0.2, -0.15) is 5.26 Å². The maximum Gasteiger partial charge on any atom is 0.128 e. The van der Waals surface area contributed by atoms with E-state index in [2.05, 4.69) is 11.1 Å². The summed E-state index contributed by atoms with van der Waals surface area (Å²) in [4.78, 5) is 5.12. The lowest BCUT2D eigenvalue weighted by atomic mass is 10.1. The molecule has 0 unspecified atom stereocenters. The molecule has 0 amide bonds. The first-order valence-electron chi connectivity index (χ1n) is 5.60. The Kier molecular flexibility index (Phi) is 3.35. The molecule has 0 spiro atoms. The molecule has 0 N–H and O–H groups in total. The standard InChI is InChI=1S/C14H14N2OS/c1-8-5-11(6-9(2)13(8)17-4)14-16-10(3)12(7-15)18-14/h5-6H,1-4H3. The highest BCUT2D eigenvalue weighted by atomic mass is 32.1. The molecule has 0 aliphatic heterocycles. The van der Waals surface area contributed by atoms with Crippen molar-refractivity contribution < 1.29 is 4.74 Å². The van der Waals surface area contributed by atoms with Gasteiger partial charge in [-0.3, -0.25) is 0 Å². The van der Waals surface area contributed by atoms with E-state index >= 15 is 0 Å². The molecule has 18 heavy (non-hydrogen) atoms. The first-order valence-corrected chi connectivity index (χ1v) is 6.41. The minimum atomic E-state index is 0.677. The molecule has 0 aliphatic carbocycles. The molecular formula is C14H14N2OS. The van der Waals surface area contributed by atoms with Crippen LogP contribution < -0.4 is 4.74 Å². The zero-order chi connectivity index (χ0) is 13.3. The molecule has 0 bridgehead atoms. The topological polar surface area (TPSA) is 45.9 Å². The third kappa shape index (κ3) is 2.09. The Hall–Kier alpha value is -1.86. The van der Waals surface area contributed by atoms with Crippen LogP contribution in [0.25, 0.3) is 10.6 Å². The van der Waals surface area contributed by atoms with Crippen LogP contribution in [-0.2, 0) is 0 Å². The van der Waals surface area contributed by atoms with Crippen molar-refractivity contribution in [3.05, 3.63) is 33.8 Å². The summed E-state index contributed by atoms with van der Waals surface area (Å²) in [6, 6.07) is 6.26. The SMILES string of the molecule is COc1c(C)cc(-c2nc(C)c(C#N)s2)cc1C. The molecule has 4 heteroatoms. The molecule has 0 fully saturated rings. The van der Waals surface area contributed by atoms with Gasteiger partial charge in [-0.15, -0.1) is 11.3 Å². The molecule has 3 nitrogen and oxygen atoms in total. The Bertz CT molecular complexity index is 615. The molecule has 1 aromatic carbocycles. The van der Waals surface area contributed by atoms with E-state index in [4.69, 9.17) is 10.00 Å². The van der Waals surface area contributed by atoms with Crippen molar-refractivity contribution in [3.63, 3.8) is 0 Å². The van der Waals surface area contributed by atoms with Crippen LogP contribution in [0.15, 0.2) is 12.1 Å². The monoisotopic (exact) mass is 258 g/mol. The number of methoxy groups -OCH3 is 1. The number of ether oxygens (including phenoxy) is 1. The predicted octanol–water partition coefficient (Wildman–Crippen LogP) is 3.62. The highest BCUT2D eigenvalue weighted by molar-refractivity contribution is 7.15. The second-order valence-electron chi connectivity index (χ2n) is 4.19. The number of hydrogen-bond acceptors (Lipinski definition) is 4. The molecule has 92 valence electrons. The van der Waals surface area contributed by atoms with Gasteiger partial charge in [-0.25, -0.2) is 4.98 Å². The average molecular weight is 258 g/mol. The third-order valence-corrected chi connectivity index (χ3v) is 3.92. The quantitative estimate of drug-likeness (QED) is 0.826. The first kappa shape index (κ1) is 12.6. The number of aryl methyl sites for hydroxylation is 3. The van der Waals surface area contributed by atoms with Crippen molar-refractivity contribution in [2.75, 3.05) is 7.11 Å². The van der Waals surface area contributed by atoms with Crippen LogP contribution in [0.3, 0.4) is 0 Å². The smallest absolute Gasteiger partial charge is 0.128 e. The normalized spacial score (nSPS) is 10.2. The van der Waals surface area contributed by atoms with Crippen LogP contribution >= 0.6 is 11.3 Å². The van der Waals surface area contributed by atoms with Crippen LogP contribution in [0, 0.1) is 32.1 Å². The lowest BCUT2D eigenvalue weighted by molar-refractivity contribution is 0.408. The summed E-state index contributed by atoms with van der Waals surface area (Å²) in [6.07, 6.45) is 0. The lowest BCUT2D eigenvalue weighted by Gasteiger charge is -2.09. The predicted molar refractivity (Wildman–Crippen MR) is 73.0 cm³/mol. The van der Waals surface area contributed by atoms with Crippen molar-refractivity contribution in [3.8, 4) is 22.4 Å². The largest absolute Gasteiger partial charge is 0.496 e. The van der Waals surface area contributed by atoms with Gasteiger partial charge in [0.25, 0.3) is 0 Å². The molecule has 0 aliphatic rings. The second-order valence-corrected chi connectivity index (χ2v) is 5.19. The van der Waals surface area contributed by atoms with Crippen LogP contribution in [0.2, 0.25) is 0 Å². The average Bonchev–Trinajstić information content (AvgIpc) is 2.70. The Balaban J connectivity index is 2.55. The van der Waals surface area contributed by atoms with Crippen LogP contribution in [-0.4, -0.2) is 12.1 Å². The van der Waals surface area contributed by atoms with Crippen LogP contribution in [0.5, 0.6) is 5.75 Å². The van der Waals surface area contributed by atoms with Crippen molar-refractivity contribution in [2.24, 2.45) is 0 Å². The van der Waals surface area contributed by atoms with Crippen molar-refractivity contribution in [1.29, 1.82) is 5.26 Å². The molecule has 0 saturated heterocycles. The van der Waals surface area contributed by atoms with E-state index in [-0.39, 0.29) is 0 Å². The summed E-state index contributed by atoms with van der Waals surface area (Å²) in [6.45, 7) is 5.89. The molecule has 2 aromatic rings. The van der Waals surface area contributed by atoms with E-state index in [1.54, 1.807) is 7.11 Å². The fraction of sp³-hybridized carbons (Fsp3) is 0.286. The van der Waals surface area contributed by atoms with E-state index in [1.807, 2.05) is 32.9 Å². The summed E-state index contributed by atoms with van der Waals surface area (Å²) in [5.74, 6) is 0.910. The highest BCUT2D eigenvalue weighted by Crippen LogP contribution is 2.32. The Labute approximate surface area is 111 Å². The number of nitrogens with zero attached hydrogens (tertiary/aromatic N) is 2. The zero-order valence-corrected chi connectivity index (χ0v) is 11.7. The van der Waals surface area contributed by atoms with Gasteiger partial charge in [0, 0.05) is 5.56 Å². The number of nitriles is 1. The van der Waals surface area contributed by atoms with Crippen LogP contribution in [0.4, 0.5) is 0 Å². The fourth-order valence-electron chi connectivity index (χ4n) is 2.02. The molecule has 1 aromatic heterocycles. The van der Waals surface area contributed by atoms with E-state index in [0.717, 1.165) is 33.1 Å². The van der Waals surface area contributed by atoms with Gasteiger partial charge in [-0.05, 0) is 44.0 Å². The highest BCUT2D eigenvalue weighted by Gasteiger charge is 2.12. The van der Waals surface area contributed by atoms with Gasteiger partial charge in [-0.1, -0.05) is 0 Å². The Morgan fingerprint density at radius 2 is 1.83 bits per heavy atom.